The number of ether oxygens (including phenoxy) is 2. The molecule has 0 aliphatic rings. The molecule has 26 heavy (non-hydrogen) atoms. The van der Waals surface area contributed by atoms with Crippen LogP contribution in [0.1, 0.15) is 11.6 Å². The van der Waals surface area contributed by atoms with E-state index in [1.165, 1.54) is 0 Å². The Morgan fingerprint density at radius 1 is 1.15 bits per heavy atom. The van der Waals surface area contributed by atoms with E-state index in [1.54, 1.807) is 26.4 Å². The van der Waals surface area contributed by atoms with E-state index in [9.17, 15) is 0 Å². The Morgan fingerprint density at radius 2 is 1.85 bits per heavy atom. The third-order valence-corrected chi connectivity index (χ3v) is 4.28. The van der Waals surface area contributed by atoms with Crippen molar-refractivity contribution in [2.45, 2.75) is 6.04 Å². The van der Waals surface area contributed by atoms with E-state index < -0.39 is 0 Å². The molecule has 0 aliphatic carbocycles. The summed E-state index contributed by atoms with van der Waals surface area (Å²) in [6, 6.07) is 13.3. The van der Waals surface area contributed by atoms with Gasteiger partial charge in [-0.05, 0) is 38.4 Å². The predicted molar refractivity (Wildman–Crippen MR) is 108 cm³/mol. The van der Waals surface area contributed by atoms with Crippen LogP contribution in [0.5, 0.6) is 11.5 Å². The highest BCUT2D eigenvalue weighted by molar-refractivity contribution is 6.32. The van der Waals surface area contributed by atoms with E-state index in [4.69, 9.17) is 26.8 Å². The minimum atomic E-state index is 0.0333. The van der Waals surface area contributed by atoms with Crippen molar-refractivity contribution >= 4 is 23.2 Å². The third-order valence-electron chi connectivity index (χ3n) is 3.98. The van der Waals surface area contributed by atoms with Gasteiger partial charge in [0.25, 0.3) is 0 Å². The number of guanidine groups is 1. The molecule has 0 heterocycles. The number of benzene rings is 2. The van der Waals surface area contributed by atoms with Gasteiger partial charge >= 0.3 is 0 Å². The monoisotopic (exact) mass is 376 g/mol. The molecule has 0 spiro atoms. The molecule has 0 aliphatic heterocycles. The maximum absolute atomic E-state index is 6.13. The molecule has 1 atom stereocenters. The quantitative estimate of drug-likeness (QED) is 0.572. The van der Waals surface area contributed by atoms with E-state index in [2.05, 4.69) is 15.2 Å². The normalized spacial score (nSPS) is 12.8. The van der Waals surface area contributed by atoms with E-state index in [-0.39, 0.29) is 6.04 Å². The van der Waals surface area contributed by atoms with Gasteiger partial charge in [-0.2, -0.15) is 0 Å². The van der Waals surface area contributed by atoms with Crippen LogP contribution in [-0.4, -0.2) is 45.7 Å². The Balaban J connectivity index is 2.13. The van der Waals surface area contributed by atoms with Gasteiger partial charge in [0.05, 0.1) is 31.8 Å². The smallest absolute Gasteiger partial charge is 0.193 e. The minimum absolute atomic E-state index is 0.0333. The summed E-state index contributed by atoms with van der Waals surface area (Å²) in [5.41, 5.74) is 7.84. The highest BCUT2D eigenvalue weighted by Crippen LogP contribution is 2.29. The number of nitrogens with two attached hydrogens (primary N) is 1. The molecular formula is C19H25ClN4O2. The van der Waals surface area contributed by atoms with Crippen LogP contribution in [0, 0.1) is 0 Å². The SMILES string of the molecule is COc1ccc(NC(N)=NCC(c2ccccc2OC)N(C)C)cc1Cl. The average Bonchev–Trinajstić information content (AvgIpc) is 2.62. The van der Waals surface area contributed by atoms with Crippen LogP contribution in [0.4, 0.5) is 5.69 Å². The number of para-hydroxylation sites is 1. The summed E-state index contributed by atoms with van der Waals surface area (Å²) < 4.78 is 10.6. The molecule has 140 valence electrons. The molecule has 2 rings (SSSR count). The lowest BCUT2D eigenvalue weighted by molar-refractivity contribution is 0.295. The van der Waals surface area contributed by atoms with Gasteiger partial charge in [-0.3, -0.25) is 4.99 Å². The van der Waals surface area contributed by atoms with E-state index in [0.717, 1.165) is 17.0 Å². The first kappa shape index (κ1) is 19.9. The zero-order chi connectivity index (χ0) is 19.1. The number of nitrogens with one attached hydrogen (secondary N) is 1. The highest BCUT2D eigenvalue weighted by atomic mass is 35.5. The van der Waals surface area contributed by atoms with Gasteiger partial charge in [0.2, 0.25) is 0 Å². The number of methoxy groups -OCH3 is 2. The van der Waals surface area contributed by atoms with Gasteiger partial charge in [-0.1, -0.05) is 29.8 Å². The Bertz CT molecular complexity index is 765. The number of hydrogen-bond donors (Lipinski definition) is 2. The van der Waals surface area contributed by atoms with Crippen molar-refractivity contribution in [2.24, 2.45) is 10.7 Å². The summed E-state index contributed by atoms with van der Waals surface area (Å²) in [6.45, 7) is 0.482. The van der Waals surface area contributed by atoms with Crippen molar-refractivity contribution in [3.8, 4) is 11.5 Å². The zero-order valence-electron chi connectivity index (χ0n) is 15.5. The van der Waals surface area contributed by atoms with Crippen LogP contribution in [-0.2, 0) is 0 Å². The number of aliphatic imine (C=N–C) groups is 1. The predicted octanol–water partition coefficient (Wildman–Crippen LogP) is 3.39. The maximum Gasteiger partial charge on any atom is 0.193 e. The molecule has 0 fully saturated rings. The Labute approximate surface area is 159 Å². The topological polar surface area (TPSA) is 72.1 Å². The van der Waals surface area contributed by atoms with Gasteiger partial charge in [0.1, 0.15) is 11.5 Å². The number of hydrogen-bond acceptors (Lipinski definition) is 4. The van der Waals surface area contributed by atoms with Crippen LogP contribution in [0.3, 0.4) is 0 Å². The van der Waals surface area contributed by atoms with Crippen LogP contribution in [0.2, 0.25) is 5.02 Å². The molecule has 0 radical (unpaired) electrons. The molecular weight excluding hydrogens is 352 g/mol. The van der Waals surface area contributed by atoms with Crippen molar-refractivity contribution in [1.82, 2.24) is 4.90 Å². The molecule has 2 aromatic carbocycles. The standard InChI is InChI=1S/C19H25ClN4O2/c1-24(2)16(14-7-5-6-8-17(14)25-3)12-22-19(21)23-13-9-10-18(26-4)15(20)11-13/h5-11,16H,12H2,1-4H3,(H3,21,22,23). The molecule has 3 N–H and O–H groups in total. The van der Waals surface area contributed by atoms with Crippen LogP contribution >= 0.6 is 11.6 Å². The second-order valence-electron chi connectivity index (χ2n) is 5.92. The zero-order valence-corrected chi connectivity index (χ0v) is 16.2. The Hall–Kier alpha value is -2.44. The first-order valence-corrected chi connectivity index (χ1v) is 8.54. The van der Waals surface area contributed by atoms with E-state index >= 15 is 0 Å². The number of halogens is 1. The van der Waals surface area contributed by atoms with Gasteiger partial charge in [-0.25, -0.2) is 0 Å². The van der Waals surface area contributed by atoms with Crippen LogP contribution < -0.4 is 20.5 Å². The fraction of sp³-hybridized carbons (Fsp3) is 0.316. The third kappa shape index (κ3) is 5.03. The van der Waals surface area contributed by atoms with Crippen molar-refractivity contribution in [3.05, 3.63) is 53.1 Å². The maximum atomic E-state index is 6.13. The molecule has 0 aromatic heterocycles. The first-order valence-electron chi connectivity index (χ1n) is 8.16. The molecule has 0 saturated carbocycles. The minimum Gasteiger partial charge on any atom is -0.496 e. The fourth-order valence-corrected chi connectivity index (χ4v) is 2.86. The van der Waals surface area contributed by atoms with Gasteiger partial charge in [-0.15, -0.1) is 0 Å². The number of anilines is 1. The fourth-order valence-electron chi connectivity index (χ4n) is 2.60. The molecule has 0 saturated heterocycles. The average molecular weight is 377 g/mol. The molecule has 2 aromatic rings. The van der Waals surface area contributed by atoms with Crippen molar-refractivity contribution in [2.75, 3.05) is 40.2 Å². The molecule has 0 amide bonds. The second kappa shape index (κ2) is 9.31. The Morgan fingerprint density at radius 3 is 2.46 bits per heavy atom. The Kier molecular flexibility index (Phi) is 7.12. The van der Waals surface area contributed by atoms with Gasteiger partial charge in [0, 0.05) is 11.3 Å². The van der Waals surface area contributed by atoms with Crippen molar-refractivity contribution < 1.29 is 9.47 Å². The van der Waals surface area contributed by atoms with Crippen LogP contribution in [0.25, 0.3) is 0 Å². The number of likely N-dealkylation sites (N-methyl/N-ethyl adjacent to an activating group) is 1. The van der Waals surface area contributed by atoms with Crippen LogP contribution in [0.15, 0.2) is 47.5 Å². The van der Waals surface area contributed by atoms with E-state index in [1.807, 2.05) is 44.4 Å². The lowest BCUT2D eigenvalue weighted by atomic mass is 10.0. The van der Waals surface area contributed by atoms with Crippen molar-refractivity contribution in [1.29, 1.82) is 0 Å². The van der Waals surface area contributed by atoms with Gasteiger partial charge < -0.3 is 25.4 Å². The summed E-state index contributed by atoms with van der Waals surface area (Å²) in [6.07, 6.45) is 0. The summed E-state index contributed by atoms with van der Waals surface area (Å²) in [5, 5.41) is 3.55. The van der Waals surface area contributed by atoms with E-state index in [0.29, 0.717) is 23.3 Å². The lowest BCUT2D eigenvalue weighted by Gasteiger charge is -2.25. The summed E-state index contributed by atoms with van der Waals surface area (Å²) in [4.78, 5) is 6.56. The summed E-state index contributed by atoms with van der Waals surface area (Å²) >= 11 is 6.13. The number of nitrogens with zero attached hydrogens (tertiary/aromatic N) is 2. The highest BCUT2D eigenvalue weighted by Gasteiger charge is 2.17. The largest absolute Gasteiger partial charge is 0.496 e. The molecule has 6 nitrogen and oxygen atoms in total. The molecule has 1 unspecified atom stereocenters. The number of rotatable bonds is 7. The van der Waals surface area contributed by atoms with Gasteiger partial charge in [0.15, 0.2) is 5.96 Å². The molecule has 7 heteroatoms. The lowest BCUT2D eigenvalue weighted by Crippen LogP contribution is -2.27. The summed E-state index contributed by atoms with van der Waals surface area (Å²) in [5.74, 6) is 1.75. The molecule has 0 bridgehead atoms. The second-order valence-corrected chi connectivity index (χ2v) is 6.33. The van der Waals surface area contributed by atoms with Crippen molar-refractivity contribution in [3.63, 3.8) is 0 Å². The summed E-state index contributed by atoms with van der Waals surface area (Å²) in [7, 11) is 7.24. The first-order chi connectivity index (χ1) is 12.5.